The molecule has 2 aromatic heterocycles. The van der Waals surface area contributed by atoms with Crippen LogP contribution in [0, 0.1) is 0 Å². The topological polar surface area (TPSA) is 116 Å². The predicted molar refractivity (Wildman–Crippen MR) is 68.9 cm³/mol. The van der Waals surface area contributed by atoms with Crippen LogP contribution in [-0.2, 0) is 15.8 Å². The Morgan fingerprint density at radius 1 is 1.50 bits per heavy atom. The molecule has 2 aromatic rings. The van der Waals surface area contributed by atoms with Gasteiger partial charge in [-0.25, -0.2) is 15.0 Å². The lowest BCUT2D eigenvalue weighted by Crippen LogP contribution is -2.07. The van der Waals surface area contributed by atoms with E-state index in [4.69, 9.17) is 15.4 Å². The maximum atomic E-state index is 11.0. The van der Waals surface area contributed by atoms with Crippen LogP contribution in [0.3, 0.4) is 0 Å². The molecule has 0 aliphatic heterocycles. The molecule has 2 heterocycles. The fourth-order valence-electron chi connectivity index (χ4n) is 1.46. The molecule has 8 nitrogen and oxygen atoms in total. The fraction of sp³-hybridized carbons (Fsp3) is 0.375. The van der Waals surface area contributed by atoms with Gasteiger partial charge in [0.1, 0.15) is 18.2 Å². The highest BCUT2D eigenvalue weighted by Crippen LogP contribution is 2.32. The van der Waals surface area contributed by atoms with Crippen molar-refractivity contribution in [3.05, 3.63) is 12.7 Å². The van der Waals surface area contributed by atoms with E-state index in [-0.39, 0.29) is 6.35 Å². The summed E-state index contributed by atoms with van der Waals surface area (Å²) < 4.78 is 17.9. The lowest BCUT2D eigenvalue weighted by atomic mass is 10.5. The van der Waals surface area contributed by atoms with Crippen LogP contribution in [0.1, 0.15) is 0 Å². The van der Waals surface area contributed by atoms with Gasteiger partial charge in [0.2, 0.25) is 7.57 Å². The first-order valence-corrected chi connectivity index (χ1v) is 7.55. The van der Waals surface area contributed by atoms with Crippen molar-refractivity contribution in [1.29, 1.82) is 0 Å². The summed E-state index contributed by atoms with van der Waals surface area (Å²) in [5.74, 6) is 0.327. The molecule has 0 saturated carbocycles. The molecule has 0 saturated heterocycles. The van der Waals surface area contributed by atoms with Crippen LogP contribution in [0.5, 0.6) is 0 Å². The Morgan fingerprint density at radius 2 is 2.28 bits per heavy atom. The van der Waals surface area contributed by atoms with Crippen LogP contribution >= 0.6 is 7.25 Å². The van der Waals surface area contributed by atoms with Gasteiger partial charge >= 0.3 is 0 Å². The highest BCUT2D eigenvalue weighted by Gasteiger charge is 2.10. The first kappa shape index (κ1) is 13.0. The summed E-state index contributed by atoms with van der Waals surface area (Å²) in [5, 5.41) is 0. The van der Waals surface area contributed by atoms with E-state index in [1.165, 1.54) is 13.9 Å². The molecular formula is C8H13BN5O3P. The van der Waals surface area contributed by atoms with Crippen molar-refractivity contribution in [1.82, 2.24) is 19.5 Å². The van der Waals surface area contributed by atoms with Crippen molar-refractivity contribution in [2.24, 2.45) is 0 Å². The number of hydrogen-bond donors (Lipinski definition) is 2. The number of nitrogens with zero attached hydrogens (tertiary/aromatic N) is 4. The normalized spacial score (nSPS) is 14.7. The number of nitrogen functional groups attached to an aromatic ring is 1. The standard InChI is InChI=1S/C8H13BN5O3P/c9-18(15,16)5-17-2-1-14-4-13-6-7(10)11-3-12-8(6)14/h3-4H,1-2,5,9H2,(H,15,16)(H2,10,11,12). The van der Waals surface area contributed by atoms with E-state index in [0.29, 0.717) is 30.1 Å². The van der Waals surface area contributed by atoms with Crippen LogP contribution in [0.2, 0.25) is 0 Å². The summed E-state index contributed by atoms with van der Waals surface area (Å²) >= 11 is 0. The minimum absolute atomic E-state index is 0.156. The maximum Gasteiger partial charge on any atom is 0.219 e. The summed E-state index contributed by atoms with van der Waals surface area (Å²) in [6.45, 7) is 0.778. The SMILES string of the molecule is BP(=O)(O)COCCn1cnc2c(N)ncnc21. The molecule has 1 atom stereocenters. The molecule has 0 fully saturated rings. The molecule has 1 unspecified atom stereocenters. The van der Waals surface area contributed by atoms with E-state index in [2.05, 4.69) is 15.0 Å². The molecule has 10 heteroatoms. The quantitative estimate of drug-likeness (QED) is 0.414. The third kappa shape index (κ3) is 3.07. The third-order valence-electron chi connectivity index (χ3n) is 2.24. The van der Waals surface area contributed by atoms with Gasteiger partial charge in [0, 0.05) is 6.54 Å². The number of hydrogen-bond acceptors (Lipinski definition) is 6. The summed E-state index contributed by atoms with van der Waals surface area (Å²) in [4.78, 5) is 21.1. The predicted octanol–water partition coefficient (Wildman–Crippen LogP) is -0.799. The van der Waals surface area contributed by atoms with E-state index < -0.39 is 7.25 Å². The van der Waals surface area contributed by atoms with Gasteiger partial charge in [-0.1, -0.05) is 0 Å². The number of aromatic nitrogens is 4. The van der Waals surface area contributed by atoms with Gasteiger partial charge in [0.25, 0.3) is 0 Å². The first-order chi connectivity index (χ1) is 8.47. The average Bonchev–Trinajstić information content (AvgIpc) is 2.68. The minimum atomic E-state index is -3.12. The van der Waals surface area contributed by atoms with Crippen molar-refractivity contribution < 1.29 is 14.2 Å². The lowest BCUT2D eigenvalue weighted by molar-refractivity contribution is 0.162. The highest BCUT2D eigenvalue weighted by molar-refractivity contribution is 7.82. The van der Waals surface area contributed by atoms with Crippen LogP contribution < -0.4 is 5.73 Å². The van der Waals surface area contributed by atoms with Gasteiger partial charge in [-0.05, 0) is 0 Å². The summed E-state index contributed by atoms with van der Waals surface area (Å²) in [7, 11) is -1.86. The molecule has 0 bridgehead atoms. The molecule has 0 amide bonds. The van der Waals surface area contributed by atoms with E-state index in [1.54, 1.807) is 10.9 Å². The van der Waals surface area contributed by atoms with Gasteiger partial charge in [0.15, 0.2) is 18.7 Å². The van der Waals surface area contributed by atoms with Crippen LogP contribution in [0.25, 0.3) is 11.2 Å². The number of anilines is 1. The molecule has 96 valence electrons. The first-order valence-electron chi connectivity index (χ1n) is 5.26. The van der Waals surface area contributed by atoms with Crippen molar-refractivity contribution in [3.8, 4) is 0 Å². The zero-order valence-corrected chi connectivity index (χ0v) is 10.7. The second-order valence-electron chi connectivity index (χ2n) is 3.96. The van der Waals surface area contributed by atoms with Crippen LogP contribution in [0.15, 0.2) is 12.7 Å². The van der Waals surface area contributed by atoms with E-state index >= 15 is 0 Å². The molecular weight excluding hydrogens is 256 g/mol. The molecule has 3 N–H and O–H groups in total. The van der Waals surface area contributed by atoms with Crippen LogP contribution in [0.4, 0.5) is 5.82 Å². The van der Waals surface area contributed by atoms with E-state index in [9.17, 15) is 4.57 Å². The zero-order valence-electron chi connectivity index (χ0n) is 9.85. The van der Waals surface area contributed by atoms with Gasteiger partial charge in [0.05, 0.1) is 12.9 Å². The van der Waals surface area contributed by atoms with Gasteiger partial charge in [-0.15, -0.1) is 0 Å². The van der Waals surface area contributed by atoms with Crippen molar-refractivity contribution in [2.75, 3.05) is 18.7 Å². The van der Waals surface area contributed by atoms with Crippen molar-refractivity contribution in [3.63, 3.8) is 0 Å². The molecule has 0 spiro atoms. The number of fused-ring (bicyclic) bond motifs is 1. The van der Waals surface area contributed by atoms with E-state index in [1.807, 2.05) is 0 Å². The monoisotopic (exact) mass is 269 g/mol. The fourth-order valence-corrected chi connectivity index (χ4v) is 1.93. The number of nitrogens with two attached hydrogens (primary N) is 1. The smallest absolute Gasteiger partial charge is 0.219 e. The molecule has 0 aromatic carbocycles. The highest BCUT2D eigenvalue weighted by atomic mass is 31.2. The van der Waals surface area contributed by atoms with Crippen LogP contribution in [-0.4, -0.2) is 44.9 Å². The second-order valence-corrected chi connectivity index (χ2v) is 6.32. The molecule has 0 radical (unpaired) electrons. The molecule has 0 aliphatic rings. The Morgan fingerprint density at radius 3 is 3.00 bits per heavy atom. The van der Waals surface area contributed by atoms with Crippen molar-refractivity contribution in [2.45, 2.75) is 6.54 Å². The summed E-state index contributed by atoms with van der Waals surface area (Å²) in [5.41, 5.74) is 6.82. The molecule has 0 aliphatic carbocycles. The zero-order chi connectivity index (χ0) is 13.2. The van der Waals surface area contributed by atoms with Gasteiger partial charge in [-0.2, -0.15) is 0 Å². The van der Waals surface area contributed by atoms with Gasteiger partial charge < -0.3 is 24.5 Å². The van der Waals surface area contributed by atoms with Crippen molar-refractivity contribution >= 4 is 31.8 Å². The Balaban J connectivity index is 2.00. The lowest BCUT2D eigenvalue weighted by Gasteiger charge is -2.07. The summed E-state index contributed by atoms with van der Waals surface area (Å²) in [6.07, 6.45) is 2.80. The minimum Gasteiger partial charge on any atom is -0.382 e. The molecule has 2 rings (SSSR count). The second kappa shape index (κ2) is 5.05. The largest absolute Gasteiger partial charge is 0.382 e. The number of imidazole rings is 1. The Hall–Kier alpha value is -1.44. The Kier molecular flexibility index (Phi) is 3.65. The average molecular weight is 269 g/mol. The maximum absolute atomic E-state index is 11.0. The Labute approximate surface area is 104 Å². The third-order valence-corrected chi connectivity index (χ3v) is 2.90. The molecule has 18 heavy (non-hydrogen) atoms. The number of rotatable bonds is 5. The summed E-state index contributed by atoms with van der Waals surface area (Å²) in [6, 6.07) is 0. The van der Waals surface area contributed by atoms with E-state index in [0.717, 1.165) is 0 Å². The number of ether oxygens (including phenoxy) is 1. The van der Waals surface area contributed by atoms with Gasteiger partial charge in [-0.3, -0.25) is 0 Å². The Bertz CT molecular complexity index is 597.